The molecule has 0 atom stereocenters. The lowest BCUT2D eigenvalue weighted by Crippen LogP contribution is -2.19. The second-order valence-electron chi connectivity index (χ2n) is 1.61. The van der Waals surface area contributed by atoms with Gasteiger partial charge in [-0.05, 0) is 0 Å². The molecule has 0 amide bonds. The fraction of sp³-hybridized carbons (Fsp3) is 0.600. The summed E-state index contributed by atoms with van der Waals surface area (Å²) in [6.07, 6.45) is 0.609. The summed E-state index contributed by atoms with van der Waals surface area (Å²) in [6, 6.07) is 0. The molecule has 0 heterocycles. The third-order valence-corrected chi connectivity index (χ3v) is 1.38. The fourth-order valence-electron chi connectivity index (χ4n) is 0.220. The summed E-state index contributed by atoms with van der Waals surface area (Å²) in [5, 5.41) is 2.55. The molecule has 0 saturated heterocycles. The molecule has 0 aliphatic rings. The Hall–Kier alpha value is -0.0200. The molecule has 0 bridgehead atoms. The molecule has 0 aromatic carbocycles. The van der Waals surface area contributed by atoms with Crippen LogP contribution in [0.2, 0.25) is 0 Å². The average Bonchev–Trinajstić information content (AvgIpc) is 1.67. The van der Waals surface area contributed by atoms with Crippen molar-refractivity contribution in [2.24, 2.45) is 0 Å². The molecule has 45 valence electrons. The van der Waals surface area contributed by atoms with E-state index in [1.165, 1.54) is 0 Å². The third kappa shape index (κ3) is 3.04. The van der Waals surface area contributed by atoms with E-state index >= 15 is 0 Å². The van der Waals surface area contributed by atoms with Crippen LogP contribution in [0.3, 0.4) is 0 Å². The summed E-state index contributed by atoms with van der Waals surface area (Å²) >= 11 is 9.36. The van der Waals surface area contributed by atoms with Gasteiger partial charge in [-0.15, -0.1) is 0 Å². The van der Waals surface area contributed by atoms with Crippen LogP contribution in [0, 0.1) is 0 Å². The van der Waals surface area contributed by atoms with Crippen LogP contribution in [0.15, 0.2) is 0 Å². The lowest BCUT2D eigenvalue weighted by Gasteiger charge is -2.09. The second kappa shape index (κ2) is 3.92. The summed E-state index contributed by atoms with van der Waals surface area (Å²) in [7, 11) is 3.80. The van der Waals surface area contributed by atoms with Crippen LogP contribution in [0.1, 0.15) is 6.42 Å². The normalized spacial score (nSPS) is 8.25. The van der Waals surface area contributed by atoms with E-state index in [1.54, 1.807) is 0 Å². The van der Waals surface area contributed by atoms with Gasteiger partial charge in [0.1, 0.15) is 0 Å². The minimum absolute atomic E-state index is 0.609. The molecule has 0 rings (SSSR count). The van der Waals surface area contributed by atoms with Crippen molar-refractivity contribution in [2.45, 2.75) is 6.42 Å². The van der Waals surface area contributed by atoms with Crippen molar-refractivity contribution in [2.75, 3.05) is 14.1 Å². The van der Waals surface area contributed by atoms with E-state index in [1.807, 2.05) is 19.0 Å². The van der Waals surface area contributed by atoms with Crippen LogP contribution in [0.5, 0.6) is 0 Å². The lowest BCUT2D eigenvalue weighted by molar-refractivity contribution is 0.628. The predicted octanol–water partition coefficient (Wildman–Crippen LogP) is 1.14. The van der Waals surface area contributed by atoms with Crippen LogP contribution < -0.4 is 0 Å². The maximum atomic E-state index is 4.87. The quantitative estimate of drug-likeness (QED) is 0.538. The summed E-state index contributed by atoms with van der Waals surface area (Å²) in [5.41, 5.74) is 0. The first-order chi connectivity index (χ1) is 3.68. The molecule has 0 aliphatic carbocycles. The van der Waals surface area contributed by atoms with Gasteiger partial charge >= 0.3 is 0 Å². The van der Waals surface area contributed by atoms with Gasteiger partial charge in [0.25, 0.3) is 0 Å². The van der Waals surface area contributed by atoms with E-state index in [4.69, 9.17) is 12.2 Å². The molecule has 1 radical (unpaired) electrons. The van der Waals surface area contributed by atoms with E-state index in [-0.39, 0.29) is 0 Å². The molecule has 0 N–H and O–H groups in total. The molecule has 0 aromatic rings. The molecule has 3 heteroatoms. The molecule has 0 fully saturated rings. The molecule has 0 aromatic heterocycles. The number of hydrogen-bond donors (Lipinski definition) is 0. The third-order valence-electron chi connectivity index (χ3n) is 0.722. The Kier molecular flexibility index (Phi) is 3.91. The largest absolute Gasteiger partial charge is 0.372 e. The Morgan fingerprint density at radius 1 is 1.62 bits per heavy atom. The fourth-order valence-corrected chi connectivity index (χ4v) is 0.520. The van der Waals surface area contributed by atoms with Gasteiger partial charge in [-0.3, -0.25) is 0 Å². The van der Waals surface area contributed by atoms with Crippen LogP contribution >= 0.6 is 24.4 Å². The van der Waals surface area contributed by atoms with Gasteiger partial charge in [0.05, 0.1) is 4.99 Å². The Morgan fingerprint density at radius 3 is 2.25 bits per heavy atom. The smallest absolute Gasteiger partial charge is 0.0827 e. The zero-order chi connectivity index (χ0) is 6.57. The van der Waals surface area contributed by atoms with Gasteiger partial charge in [0.2, 0.25) is 0 Å². The zero-order valence-corrected chi connectivity index (χ0v) is 6.60. The first kappa shape index (κ1) is 7.98. The van der Waals surface area contributed by atoms with Crippen LogP contribution in [0.25, 0.3) is 0 Å². The van der Waals surface area contributed by atoms with Gasteiger partial charge in [0, 0.05) is 25.9 Å². The summed E-state index contributed by atoms with van der Waals surface area (Å²) in [6.45, 7) is 0. The first-order valence-electron chi connectivity index (χ1n) is 2.23. The molecular formula is C5H8NS2. The van der Waals surface area contributed by atoms with Crippen molar-refractivity contribution in [1.29, 1.82) is 0 Å². The second-order valence-corrected chi connectivity index (χ2v) is 2.37. The highest BCUT2D eigenvalue weighted by atomic mass is 32.1. The van der Waals surface area contributed by atoms with Crippen molar-refractivity contribution in [3.63, 3.8) is 0 Å². The van der Waals surface area contributed by atoms with E-state index in [0.717, 1.165) is 4.99 Å². The Morgan fingerprint density at radius 2 is 2.12 bits per heavy atom. The topological polar surface area (TPSA) is 3.24 Å². The van der Waals surface area contributed by atoms with Gasteiger partial charge in [-0.1, -0.05) is 24.4 Å². The standard InChI is InChI=1S/C5H8NS2/c1-6(2)5(8)3-4-7/h3H2,1-2H3. The highest BCUT2D eigenvalue weighted by molar-refractivity contribution is 7.81. The van der Waals surface area contributed by atoms with E-state index in [9.17, 15) is 0 Å². The number of rotatable bonds is 2. The minimum atomic E-state index is 0.609. The van der Waals surface area contributed by atoms with E-state index < -0.39 is 0 Å². The van der Waals surface area contributed by atoms with Crippen molar-refractivity contribution in [3.05, 3.63) is 0 Å². The monoisotopic (exact) mass is 146 g/mol. The molecule has 1 nitrogen and oxygen atoms in total. The van der Waals surface area contributed by atoms with E-state index in [2.05, 4.69) is 17.6 Å². The van der Waals surface area contributed by atoms with Crippen LogP contribution in [0.4, 0.5) is 0 Å². The van der Waals surface area contributed by atoms with Crippen LogP contribution in [-0.2, 0) is 0 Å². The van der Waals surface area contributed by atoms with Crippen molar-refractivity contribution in [3.8, 4) is 0 Å². The van der Waals surface area contributed by atoms with Gasteiger partial charge in [-0.25, -0.2) is 0 Å². The Bertz CT molecular complexity index is 98.6. The van der Waals surface area contributed by atoms with Gasteiger partial charge in [-0.2, -0.15) is 0 Å². The van der Waals surface area contributed by atoms with Crippen molar-refractivity contribution >= 4 is 34.8 Å². The maximum absolute atomic E-state index is 4.87. The van der Waals surface area contributed by atoms with Crippen molar-refractivity contribution < 1.29 is 0 Å². The minimum Gasteiger partial charge on any atom is -0.372 e. The summed E-state index contributed by atoms with van der Waals surface area (Å²) in [5.74, 6) is 0. The Balaban J connectivity index is 3.48. The van der Waals surface area contributed by atoms with Crippen molar-refractivity contribution in [1.82, 2.24) is 4.90 Å². The molecule has 8 heavy (non-hydrogen) atoms. The average molecular weight is 146 g/mol. The predicted molar refractivity (Wildman–Crippen MR) is 43.5 cm³/mol. The molecular weight excluding hydrogens is 138 g/mol. The molecule has 0 aliphatic heterocycles. The summed E-state index contributed by atoms with van der Waals surface area (Å²) < 4.78 is 0. The van der Waals surface area contributed by atoms with E-state index in [0.29, 0.717) is 6.42 Å². The molecule has 0 saturated carbocycles. The lowest BCUT2D eigenvalue weighted by atomic mass is 10.5. The number of nitrogens with zero attached hydrogens (tertiary/aromatic N) is 1. The Labute approximate surface area is 60.7 Å². The first-order valence-corrected chi connectivity index (χ1v) is 3.05. The highest BCUT2D eigenvalue weighted by Gasteiger charge is 1.92. The molecule has 0 unspecified atom stereocenters. The highest BCUT2D eigenvalue weighted by Crippen LogP contribution is 1.86. The number of hydrogen-bond acceptors (Lipinski definition) is 2. The summed E-state index contributed by atoms with van der Waals surface area (Å²) in [4.78, 5) is 2.69. The molecule has 0 spiro atoms. The maximum Gasteiger partial charge on any atom is 0.0827 e. The van der Waals surface area contributed by atoms with Gasteiger partial charge < -0.3 is 4.90 Å². The zero-order valence-electron chi connectivity index (χ0n) is 4.97. The SMILES string of the molecule is CN(C)C(=S)C[C]=S. The van der Waals surface area contributed by atoms with Crippen LogP contribution in [-0.4, -0.2) is 29.4 Å². The van der Waals surface area contributed by atoms with Gasteiger partial charge in [0.15, 0.2) is 0 Å². The number of thiocarbonyl (C=S) groups is 2.